The molecular weight excluding hydrogens is 862 g/mol. The molecule has 0 saturated heterocycles. The second kappa shape index (κ2) is 29.5. The third-order valence-electron chi connectivity index (χ3n) is 12.2. The van der Waals surface area contributed by atoms with Crippen LogP contribution in [0.15, 0.2) is 0 Å². The zero-order valence-electron chi connectivity index (χ0n) is 37.2. The van der Waals surface area contributed by atoms with Crippen LogP contribution in [0.2, 0.25) is 0 Å². The van der Waals surface area contributed by atoms with Gasteiger partial charge in [-0.05, 0) is 88.4 Å². The molecule has 65 heavy (non-hydrogen) atoms. The number of carboxylic acids is 7. The first-order valence-corrected chi connectivity index (χ1v) is 21.6. The highest BCUT2D eigenvalue weighted by molar-refractivity contribution is 5.80. The number of hydrogen-bond donors (Lipinski definition) is 10. The van der Waals surface area contributed by atoms with Gasteiger partial charge in [0.15, 0.2) is 0 Å². The average molecular weight is 930 g/mol. The summed E-state index contributed by atoms with van der Waals surface area (Å²) in [6.07, 6.45) is -5.79. The van der Waals surface area contributed by atoms with Crippen molar-refractivity contribution in [2.75, 3.05) is 0 Å². The zero-order valence-corrected chi connectivity index (χ0v) is 37.2. The van der Waals surface area contributed by atoms with Crippen LogP contribution >= 0.6 is 0 Å². The Labute approximate surface area is 376 Å². The quantitative estimate of drug-likeness (QED) is 0.0393. The lowest BCUT2D eigenvalue weighted by molar-refractivity contribution is -0.141. The van der Waals surface area contributed by atoms with Crippen molar-refractivity contribution in [2.24, 2.45) is 11.3 Å². The zero-order chi connectivity index (χ0) is 49.9. The second-order valence-electron chi connectivity index (χ2n) is 17.2. The number of aldehydes is 2. The van der Waals surface area contributed by atoms with Crippen molar-refractivity contribution in [1.29, 1.82) is 0 Å². The van der Waals surface area contributed by atoms with Crippen molar-refractivity contribution >= 4 is 72.1 Å². The van der Waals surface area contributed by atoms with Gasteiger partial charge in [0.05, 0.1) is 0 Å². The van der Waals surface area contributed by atoms with Crippen LogP contribution in [-0.4, -0.2) is 124 Å². The SMILES string of the molecule is CC(C)C(CCC(=O)NC(CCC=O)(CCC=O)CCC(=O)O)(CCC(=O)NC(CCC(=O)O)(CCC(=O)O)CCC(=O)O)CCC(=O)NC(CCC(=O)O)(CCC(=O)O)CCC(=O)O. The van der Waals surface area contributed by atoms with Gasteiger partial charge in [0.1, 0.15) is 12.6 Å². The van der Waals surface area contributed by atoms with Crippen LogP contribution in [-0.2, 0) is 57.5 Å². The second-order valence-corrected chi connectivity index (χ2v) is 17.2. The Bertz CT molecular complexity index is 1490. The molecule has 0 aromatic carbocycles. The van der Waals surface area contributed by atoms with E-state index in [1.54, 1.807) is 13.8 Å². The standard InChI is InChI=1S/C43H67N3O19/c1-29(2)40(17-5-30(49)44-41(15-3-27-47,16-4-28-48)20-8-33(52)53,18-6-31(50)45-42(21-9-34(54)55,22-10-35(56)57)23-11-36(58)59)19-7-32(51)46-43(24-12-37(60)61,25-13-38(62)63)26-14-39(64)65/h27-29H,3-26H2,1-2H3,(H,44,49)(H,45,50)(H,46,51)(H,52,53)(H,54,55)(H,56,57)(H,58,59)(H,60,61)(H,62,63)(H,64,65). The molecule has 0 aliphatic carbocycles. The first kappa shape index (κ1) is 59.0. The van der Waals surface area contributed by atoms with Crippen LogP contribution in [0.5, 0.6) is 0 Å². The maximum Gasteiger partial charge on any atom is 0.303 e. The Morgan fingerprint density at radius 2 is 0.554 bits per heavy atom. The maximum absolute atomic E-state index is 13.9. The van der Waals surface area contributed by atoms with E-state index in [9.17, 15) is 93.3 Å². The van der Waals surface area contributed by atoms with Crippen molar-refractivity contribution in [1.82, 2.24) is 16.0 Å². The van der Waals surface area contributed by atoms with Crippen molar-refractivity contribution in [3.8, 4) is 0 Å². The van der Waals surface area contributed by atoms with E-state index < -0.39 is 132 Å². The van der Waals surface area contributed by atoms with Crippen molar-refractivity contribution < 1.29 is 93.3 Å². The Hall–Kier alpha value is -5.96. The third-order valence-corrected chi connectivity index (χ3v) is 12.2. The molecule has 0 radical (unpaired) electrons. The van der Waals surface area contributed by atoms with Gasteiger partial charge in [-0.2, -0.15) is 0 Å². The van der Waals surface area contributed by atoms with Gasteiger partial charge in [0.2, 0.25) is 17.7 Å². The molecule has 0 aliphatic heterocycles. The molecule has 0 atom stereocenters. The summed E-state index contributed by atoms with van der Waals surface area (Å²) in [7, 11) is 0. The molecule has 0 aromatic heterocycles. The molecule has 0 saturated carbocycles. The molecule has 0 rings (SSSR count). The normalized spacial score (nSPS) is 11.9. The molecule has 0 spiro atoms. The van der Waals surface area contributed by atoms with Crippen molar-refractivity contribution in [3.63, 3.8) is 0 Å². The highest BCUT2D eigenvalue weighted by Crippen LogP contribution is 2.43. The van der Waals surface area contributed by atoms with Gasteiger partial charge in [0.25, 0.3) is 0 Å². The molecule has 3 amide bonds. The highest BCUT2D eigenvalue weighted by atomic mass is 16.4. The molecule has 368 valence electrons. The lowest BCUT2D eigenvalue weighted by Crippen LogP contribution is -2.50. The lowest BCUT2D eigenvalue weighted by Gasteiger charge is -2.40. The Kier molecular flexibility index (Phi) is 26.8. The first-order chi connectivity index (χ1) is 30.3. The number of carboxylic acid groups (broad SMARTS) is 7. The summed E-state index contributed by atoms with van der Waals surface area (Å²) in [4.78, 5) is 145. The molecule has 22 nitrogen and oxygen atoms in total. The van der Waals surface area contributed by atoms with Crippen LogP contribution < -0.4 is 16.0 Å². The topological polar surface area (TPSA) is 383 Å². The summed E-state index contributed by atoms with van der Waals surface area (Å²) in [5, 5.41) is 74.3. The number of aliphatic carboxylic acids is 7. The molecule has 0 unspecified atom stereocenters. The van der Waals surface area contributed by atoms with Gasteiger partial charge in [-0.15, -0.1) is 0 Å². The average Bonchev–Trinajstić information content (AvgIpc) is 3.21. The van der Waals surface area contributed by atoms with E-state index in [0.717, 1.165) is 0 Å². The van der Waals surface area contributed by atoms with Crippen LogP contribution in [0.25, 0.3) is 0 Å². The number of carbonyl (C=O) groups is 12. The molecular formula is C43H67N3O19. The minimum absolute atomic E-state index is 0.0137. The minimum atomic E-state index is -1.57. The molecule has 0 fully saturated rings. The third kappa shape index (κ3) is 25.2. The Balaban J connectivity index is 7.16. The van der Waals surface area contributed by atoms with E-state index in [0.29, 0.717) is 12.6 Å². The molecule has 10 N–H and O–H groups in total. The molecule has 0 aliphatic rings. The van der Waals surface area contributed by atoms with Gasteiger partial charge in [0, 0.05) is 93.7 Å². The maximum atomic E-state index is 13.9. The largest absolute Gasteiger partial charge is 0.481 e. The van der Waals surface area contributed by atoms with Crippen LogP contribution in [0.3, 0.4) is 0 Å². The van der Waals surface area contributed by atoms with Crippen LogP contribution in [0.4, 0.5) is 0 Å². The number of carbonyl (C=O) groups excluding carboxylic acids is 5. The molecule has 0 heterocycles. The number of rotatable bonds is 40. The van der Waals surface area contributed by atoms with Crippen molar-refractivity contribution in [2.45, 2.75) is 185 Å². The summed E-state index contributed by atoms with van der Waals surface area (Å²) < 4.78 is 0. The van der Waals surface area contributed by atoms with E-state index in [-0.39, 0.29) is 109 Å². The van der Waals surface area contributed by atoms with Crippen LogP contribution in [0, 0.1) is 11.3 Å². The summed E-state index contributed by atoms with van der Waals surface area (Å²) in [5.74, 6) is -11.4. The first-order valence-electron chi connectivity index (χ1n) is 21.6. The lowest BCUT2D eigenvalue weighted by atomic mass is 9.67. The fourth-order valence-corrected chi connectivity index (χ4v) is 8.18. The van der Waals surface area contributed by atoms with Gasteiger partial charge >= 0.3 is 41.8 Å². The van der Waals surface area contributed by atoms with E-state index in [2.05, 4.69) is 16.0 Å². The van der Waals surface area contributed by atoms with Crippen LogP contribution in [0.1, 0.15) is 168 Å². The van der Waals surface area contributed by atoms with Gasteiger partial charge in [-0.1, -0.05) is 13.8 Å². The summed E-state index contributed by atoms with van der Waals surface area (Å²) in [5.41, 5.74) is -5.52. The number of amides is 3. The molecule has 0 bridgehead atoms. The highest BCUT2D eigenvalue weighted by Gasteiger charge is 2.40. The van der Waals surface area contributed by atoms with E-state index in [1.807, 2.05) is 0 Å². The van der Waals surface area contributed by atoms with Gasteiger partial charge in [-0.3, -0.25) is 47.9 Å². The fourth-order valence-electron chi connectivity index (χ4n) is 8.18. The Morgan fingerprint density at radius 1 is 0.354 bits per heavy atom. The van der Waals surface area contributed by atoms with E-state index in [1.165, 1.54) is 0 Å². The van der Waals surface area contributed by atoms with Crippen molar-refractivity contribution in [3.05, 3.63) is 0 Å². The Morgan fingerprint density at radius 3 is 0.723 bits per heavy atom. The summed E-state index contributed by atoms with van der Waals surface area (Å²) in [6, 6.07) is 0. The van der Waals surface area contributed by atoms with E-state index >= 15 is 0 Å². The number of hydrogen-bond acceptors (Lipinski definition) is 12. The fraction of sp³-hybridized carbons (Fsp3) is 0.721. The minimum Gasteiger partial charge on any atom is -0.481 e. The monoisotopic (exact) mass is 929 g/mol. The predicted octanol–water partition coefficient (Wildman–Crippen LogP) is 3.55. The smallest absolute Gasteiger partial charge is 0.303 e. The summed E-state index contributed by atoms with van der Waals surface area (Å²) in [6.45, 7) is 3.49. The van der Waals surface area contributed by atoms with E-state index in [4.69, 9.17) is 0 Å². The number of nitrogens with one attached hydrogen (secondary N) is 3. The predicted molar refractivity (Wildman–Crippen MR) is 226 cm³/mol. The molecule has 22 heteroatoms. The molecule has 0 aromatic rings. The van der Waals surface area contributed by atoms with Gasteiger partial charge in [-0.25, -0.2) is 0 Å². The summed E-state index contributed by atoms with van der Waals surface area (Å²) >= 11 is 0. The van der Waals surface area contributed by atoms with Gasteiger partial charge < -0.3 is 61.3 Å².